The summed E-state index contributed by atoms with van der Waals surface area (Å²) in [5.74, 6) is 1.18. The standard InChI is InChI=1S/C15H15BrN2O3/c1-9-7-12(4-5-14(9)18(19)20)21-15-6-3-11(10(2)17)8-13(15)16/h3-8,10H,17H2,1-2H3/t10-/m0/s1. The zero-order chi connectivity index (χ0) is 15.6. The van der Waals surface area contributed by atoms with E-state index in [1.165, 1.54) is 6.07 Å². The summed E-state index contributed by atoms with van der Waals surface area (Å²) in [4.78, 5) is 10.4. The fraction of sp³-hybridized carbons (Fsp3) is 0.200. The molecule has 0 heterocycles. The Hall–Kier alpha value is -1.92. The van der Waals surface area contributed by atoms with Gasteiger partial charge in [-0.3, -0.25) is 10.1 Å². The van der Waals surface area contributed by atoms with Crippen molar-refractivity contribution in [3.8, 4) is 11.5 Å². The van der Waals surface area contributed by atoms with Crippen LogP contribution in [0.25, 0.3) is 0 Å². The summed E-state index contributed by atoms with van der Waals surface area (Å²) >= 11 is 3.44. The van der Waals surface area contributed by atoms with Gasteiger partial charge in [0.05, 0.1) is 9.40 Å². The Balaban J connectivity index is 2.26. The number of nitrogens with zero attached hydrogens (tertiary/aromatic N) is 1. The predicted molar refractivity (Wildman–Crippen MR) is 84.7 cm³/mol. The Morgan fingerprint density at radius 3 is 2.52 bits per heavy atom. The number of nitro benzene ring substituents is 1. The lowest BCUT2D eigenvalue weighted by Crippen LogP contribution is -2.04. The molecule has 110 valence electrons. The average Bonchev–Trinajstić information content (AvgIpc) is 2.40. The fourth-order valence-corrected chi connectivity index (χ4v) is 2.38. The molecule has 2 aromatic carbocycles. The molecule has 2 aromatic rings. The van der Waals surface area contributed by atoms with Gasteiger partial charge in [-0.05, 0) is 59.6 Å². The van der Waals surface area contributed by atoms with E-state index < -0.39 is 4.92 Å². The Bertz CT molecular complexity index is 687. The van der Waals surface area contributed by atoms with Gasteiger partial charge >= 0.3 is 0 Å². The van der Waals surface area contributed by atoms with Crippen LogP contribution in [-0.2, 0) is 0 Å². The van der Waals surface area contributed by atoms with Crippen LogP contribution in [0.3, 0.4) is 0 Å². The van der Waals surface area contributed by atoms with E-state index >= 15 is 0 Å². The van der Waals surface area contributed by atoms with Crippen LogP contribution in [0.1, 0.15) is 24.1 Å². The van der Waals surface area contributed by atoms with Crippen LogP contribution < -0.4 is 10.5 Å². The molecule has 0 aliphatic rings. The van der Waals surface area contributed by atoms with E-state index in [9.17, 15) is 10.1 Å². The topological polar surface area (TPSA) is 78.4 Å². The summed E-state index contributed by atoms with van der Waals surface area (Å²) < 4.78 is 6.53. The van der Waals surface area contributed by atoms with Gasteiger partial charge in [-0.1, -0.05) is 6.07 Å². The van der Waals surface area contributed by atoms with Crippen LogP contribution in [0.15, 0.2) is 40.9 Å². The van der Waals surface area contributed by atoms with Crippen molar-refractivity contribution in [2.45, 2.75) is 19.9 Å². The van der Waals surface area contributed by atoms with Gasteiger partial charge in [0.1, 0.15) is 11.5 Å². The Labute approximate surface area is 131 Å². The Morgan fingerprint density at radius 2 is 2.00 bits per heavy atom. The summed E-state index contributed by atoms with van der Waals surface area (Å²) in [5.41, 5.74) is 7.45. The largest absolute Gasteiger partial charge is 0.456 e. The molecule has 6 heteroatoms. The minimum Gasteiger partial charge on any atom is -0.456 e. The monoisotopic (exact) mass is 350 g/mol. The predicted octanol–water partition coefficient (Wildman–Crippen LogP) is 4.48. The number of rotatable bonds is 4. The molecule has 2 N–H and O–H groups in total. The van der Waals surface area contributed by atoms with Crippen LogP contribution in [0.2, 0.25) is 0 Å². The van der Waals surface area contributed by atoms with E-state index in [4.69, 9.17) is 10.5 Å². The second-order valence-electron chi connectivity index (χ2n) is 4.79. The Morgan fingerprint density at radius 1 is 1.29 bits per heavy atom. The number of nitro groups is 1. The second kappa shape index (κ2) is 6.24. The number of aryl methyl sites for hydroxylation is 1. The molecule has 0 aromatic heterocycles. The first-order valence-electron chi connectivity index (χ1n) is 6.36. The van der Waals surface area contributed by atoms with Crippen molar-refractivity contribution in [1.82, 2.24) is 0 Å². The van der Waals surface area contributed by atoms with Gasteiger partial charge in [0.2, 0.25) is 0 Å². The van der Waals surface area contributed by atoms with Crippen molar-refractivity contribution in [3.63, 3.8) is 0 Å². The highest BCUT2D eigenvalue weighted by Gasteiger charge is 2.12. The molecular formula is C15H15BrN2O3. The van der Waals surface area contributed by atoms with Crippen molar-refractivity contribution >= 4 is 21.6 Å². The Kier molecular flexibility index (Phi) is 4.59. The molecule has 0 spiro atoms. The van der Waals surface area contributed by atoms with E-state index in [0.717, 1.165) is 10.0 Å². The number of halogens is 1. The van der Waals surface area contributed by atoms with Crippen molar-refractivity contribution in [1.29, 1.82) is 0 Å². The van der Waals surface area contributed by atoms with Gasteiger partial charge in [0.15, 0.2) is 0 Å². The SMILES string of the molecule is Cc1cc(Oc2ccc([C@H](C)N)cc2Br)ccc1[N+](=O)[O-]. The molecule has 0 unspecified atom stereocenters. The maximum absolute atomic E-state index is 10.8. The van der Waals surface area contributed by atoms with Gasteiger partial charge in [-0.15, -0.1) is 0 Å². The molecule has 0 radical (unpaired) electrons. The van der Waals surface area contributed by atoms with Gasteiger partial charge in [0.25, 0.3) is 5.69 Å². The van der Waals surface area contributed by atoms with Crippen LogP contribution in [0.4, 0.5) is 5.69 Å². The maximum atomic E-state index is 10.8. The summed E-state index contributed by atoms with van der Waals surface area (Å²) in [6, 6.07) is 10.2. The van der Waals surface area contributed by atoms with E-state index in [2.05, 4.69) is 15.9 Å². The van der Waals surface area contributed by atoms with Gasteiger partial charge < -0.3 is 10.5 Å². The number of hydrogen-bond donors (Lipinski definition) is 1. The van der Waals surface area contributed by atoms with Gasteiger partial charge in [-0.2, -0.15) is 0 Å². The third-order valence-corrected chi connectivity index (χ3v) is 3.69. The number of ether oxygens (including phenoxy) is 1. The molecule has 0 fully saturated rings. The molecule has 1 atom stereocenters. The molecule has 0 saturated heterocycles. The molecule has 0 aliphatic carbocycles. The van der Waals surface area contributed by atoms with Crippen LogP contribution in [-0.4, -0.2) is 4.92 Å². The zero-order valence-electron chi connectivity index (χ0n) is 11.7. The summed E-state index contributed by atoms with van der Waals surface area (Å²) in [7, 11) is 0. The smallest absolute Gasteiger partial charge is 0.272 e. The second-order valence-corrected chi connectivity index (χ2v) is 5.64. The summed E-state index contributed by atoms with van der Waals surface area (Å²) in [5, 5.41) is 10.8. The van der Waals surface area contributed by atoms with Crippen LogP contribution >= 0.6 is 15.9 Å². The van der Waals surface area contributed by atoms with Crippen molar-refractivity contribution in [2.75, 3.05) is 0 Å². The molecule has 21 heavy (non-hydrogen) atoms. The highest BCUT2D eigenvalue weighted by molar-refractivity contribution is 9.10. The minimum atomic E-state index is -0.410. The van der Waals surface area contributed by atoms with Crippen molar-refractivity contribution in [2.24, 2.45) is 5.73 Å². The quantitative estimate of drug-likeness (QED) is 0.651. The van der Waals surface area contributed by atoms with E-state index in [1.54, 1.807) is 19.1 Å². The first-order chi connectivity index (χ1) is 9.88. The molecule has 0 amide bonds. The number of hydrogen-bond acceptors (Lipinski definition) is 4. The summed E-state index contributed by atoms with van der Waals surface area (Å²) in [6.07, 6.45) is 0. The normalized spacial score (nSPS) is 12.0. The molecule has 0 bridgehead atoms. The number of nitrogens with two attached hydrogens (primary N) is 1. The highest BCUT2D eigenvalue weighted by atomic mass is 79.9. The first-order valence-corrected chi connectivity index (χ1v) is 7.15. The van der Waals surface area contributed by atoms with E-state index in [-0.39, 0.29) is 11.7 Å². The van der Waals surface area contributed by atoms with Crippen LogP contribution in [0, 0.1) is 17.0 Å². The van der Waals surface area contributed by atoms with Crippen molar-refractivity contribution in [3.05, 3.63) is 62.1 Å². The lowest BCUT2D eigenvalue weighted by atomic mass is 10.1. The lowest BCUT2D eigenvalue weighted by molar-refractivity contribution is -0.385. The molecule has 2 rings (SSSR count). The lowest BCUT2D eigenvalue weighted by Gasteiger charge is -2.11. The molecule has 0 saturated carbocycles. The average molecular weight is 351 g/mol. The fourth-order valence-electron chi connectivity index (χ4n) is 1.91. The molecule has 0 aliphatic heterocycles. The third kappa shape index (κ3) is 3.59. The van der Waals surface area contributed by atoms with E-state index in [0.29, 0.717) is 17.1 Å². The highest BCUT2D eigenvalue weighted by Crippen LogP contribution is 2.33. The van der Waals surface area contributed by atoms with Crippen LogP contribution in [0.5, 0.6) is 11.5 Å². The van der Waals surface area contributed by atoms with Crippen molar-refractivity contribution < 1.29 is 9.66 Å². The maximum Gasteiger partial charge on any atom is 0.272 e. The first kappa shape index (κ1) is 15.5. The van der Waals surface area contributed by atoms with E-state index in [1.807, 2.05) is 25.1 Å². The zero-order valence-corrected chi connectivity index (χ0v) is 13.3. The van der Waals surface area contributed by atoms with Gasteiger partial charge in [-0.25, -0.2) is 0 Å². The van der Waals surface area contributed by atoms with Gasteiger partial charge in [0, 0.05) is 17.7 Å². The number of benzene rings is 2. The molecule has 5 nitrogen and oxygen atoms in total. The third-order valence-electron chi connectivity index (χ3n) is 3.07. The molecular weight excluding hydrogens is 336 g/mol. The summed E-state index contributed by atoms with van der Waals surface area (Å²) in [6.45, 7) is 3.58. The minimum absolute atomic E-state index is 0.0584.